The zero-order valence-electron chi connectivity index (χ0n) is 13.7. The Hall–Kier alpha value is -2.12. The molecule has 1 aromatic carbocycles. The van der Waals surface area contributed by atoms with Crippen molar-refractivity contribution in [2.45, 2.75) is 40.0 Å². The Balaban J connectivity index is 1.91. The Morgan fingerprint density at radius 1 is 1.39 bits per heavy atom. The number of benzene rings is 1. The zero-order valence-corrected chi connectivity index (χ0v) is 14.5. The zero-order chi connectivity index (χ0) is 16.6. The largest absolute Gasteiger partial charge is 0.312 e. The molecule has 1 amide bonds. The van der Waals surface area contributed by atoms with Crippen LogP contribution in [-0.2, 0) is 12.8 Å². The number of anilines is 1. The Bertz CT molecular complexity index is 814. The van der Waals surface area contributed by atoms with E-state index in [0.717, 1.165) is 36.0 Å². The van der Waals surface area contributed by atoms with Gasteiger partial charge in [-0.15, -0.1) is 11.3 Å². The van der Waals surface area contributed by atoms with E-state index in [0.29, 0.717) is 22.0 Å². The topological polar surface area (TPSA) is 52.9 Å². The number of nitriles is 1. The normalized spacial score (nSPS) is 16.5. The molecule has 1 aliphatic rings. The number of thiophene rings is 1. The Morgan fingerprint density at radius 3 is 2.87 bits per heavy atom. The van der Waals surface area contributed by atoms with Crippen molar-refractivity contribution in [1.82, 2.24) is 0 Å². The summed E-state index contributed by atoms with van der Waals surface area (Å²) >= 11 is 1.57. The van der Waals surface area contributed by atoms with Gasteiger partial charge in [0.15, 0.2) is 0 Å². The summed E-state index contributed by atoms with van der Waals surface area (Å²) in [5.41, 5.74) is 4.56. The van der Waals surface area contributed by atoms with E-state index in [4.69, 9.17) is 0 Å². The fourth-order valence-electron chi connectivity index (χ4n) is 3.20. The van der Waals surface area contributed by atoms with Gasteiger partial charge in [-0.25, -0.2) is 0 Å². The van der Waals surface area contributed by atoms with Crippen LogP contribution in [0.2, 0.25) is 0 Å². The molecule has 1 aliphatic carbocycles. The van der Waals surface area contributed by atoms with E-state index in [1.807, 2.05) is 32.0 Å². The summed E-state index contributed by atoms with van der Waals surface area (Å²) in [6, 6.07) is 8.08. The molecule has 2 aromatic rings. The van der Waals surface area contributed by atoms with Crippen molar-refractivity contribution >= 4 is 22.2 Å². The molecule has 3 rings (SSSR count). The van der Waals surface area contributed by atoms with Crippen LogP contribution in [0.4, 0.5) is 5.00 Å². The monoisotopic (exact) mass is 324 g/mol. The van der Waals surface area contributed by atoms with Crippen LogP contribution in [-0.4, -0.2) is 5.91 Å². The van der Waals surface area contributed by atoms with Gasteiger partial charge in [0.2, 0.25) is 0 Å². The SMILES string of the molecule is Cc1ccc(C(=O)Nc2sc3c(c2C#N)CC[C@H](C)C3)c(C)c1. The van der Waals surface area contributed by atoms with Gasteiger partial charge in [-0.05, 0) is 56.2 Å². The molecule has 1 atom stereocenters. The third-order valence-electron chi connectivity index (χ3n) is 4.48. The van der Waals surface area contributed by atoms with Crippen molar-refractivity contribution in [2.24, 2.45) is 5.92 Å². The number of carbonyl (C=O) groups excluding carboxylic acids is 1. The lowest BCUT2D eigenvalue weighted by molar-refractivity contribution is 0.102. The van der Waals surface area contributed by atoms with Gasteiger partial charge >= 0.3 is 0 Å². The van der Waals surface area contributed by atoms with Crippen molar-refractivity contribution in [1.29, 1.82) is 5.26 Å². The highest BCUT2D eigenvalue weighted by atomic mass is 32.1. The molecule has 0 spiro atoms. The number of nitrogens with zero attached hydrogens (tertiary/aromatic N) is 1. The number of amides is 1. The van der Waals surface area contributed by atoms with Crippen LogP contribution in [0.1, 0.15) is 50.8 Å². The maximum Gasteiger partial charge on any atom is 0.256 e. The predicted octanol–water partition coefficient (Wildman–Crippen LogP) is 4.61. The number of rotatable bonds is 2. The van der Waals surface area contributed by atoms with E-state index in [1.54, 1.807) is 11.3 Å². The minimum atomic E-state index is -0.134. The molecule has 118 valence electrons. The third-order valence-corrected chi connectivity index (χ3v) is 5.65. The van der Waals surface area contributed by atoms with Crippen LogP contribution in [0, 0.1) is 31.1 Å². The molecule has 23 heavy (non-hydrogen) atoms. The van der Waals surface area contributed by atoms with Gasteiger partial charge in [-0.2, -0.15) is 5.26 Å². The fraction of sp³-hybridized carbons (Fsp3) is 0.368. The molecule has 3 nitrogen and oxygen atoms in total. The molecule has 1 heterocycles. The smallest absolute Gasteiger partial charge is 0.256 e. The first-order chi connectivity index (χ1) is 11.0. The van der Waals surface area contributed by atoms with Crippen molar-refractivity contribution < 1.29 is 4.79 Å². The van der Waals surface area contributed by atoms with E-state index in [2.05, 4.69) is 18.3 Å². The van der Waals surface area contributed by atoms with Gasteiger partial charge in [0.05, 0.1) is 5.56 Å². The summed E-state index contributed by atoms with van der Waals surface area (Å²) in [5, 5.41) is 13.2. The molecule has 0 bridgehead atoms. The minimum absolute atomic E-state index is 0.134. The lowest BCUT2D eigenvalue weighted by Crippen LogP contribution is -2.13. The van der Waals surface area contributed by atoms with Crippen LogP contribution in [0.15, 0.2) is 18.2 Å². The first-order valence-corrected chi connectivity index (χ1v) is 8.74. The summed E-state index contributed by atoms with van der Waals surface area (Å²) in [6.07, 6.45) is 3.06. The highest BCUT2D eigenvalue weighted by Crippen LogP contribution is 2.39. The van der Waals surface area contributed by atoms with Crippen LogP contribution in [0.3, 0.4) is 0 Å². The number of aryl methyl sites for hydroxylation is 2. The molecule has 1 aromatic heterocycles. The number of fused-ring (bicyclic) bond motifs is 1. The van der Waals surface area contributed by atoms with Crippen molar-refractivity contribution in [3.63, 3.8) is 0 Å². The van der Waals surface area contributed by atoms with Gasteiger partial charge in [0, 0.05) is 10.4 Å². The van der Waals surface area contributed by atoms with Gasteiger partial charge < -0.3 is 5.32 Å². The molecule has 0 aliphatic heterocycles. The molecular weight excluding hydrogens is 304 g/mol. The van der Waals surface area contributed by atoms with Gasteiger partial charge in [0.25, 0.3) is 5.91 Å². The second-order valence-electron chi connectivity index (χ2n) is 6.44. The third kappa shape index (κ3) is 3.02. The first kappa shape index (κ1) is 15.8. The summed E-state index contributed by atoms with van der Waals surface area (Å²) in [5.74, 6) is 0.515. The highest BCUT2D eigenvalue weighted by molar-refractivity contribution is 7.16. The van der Waals surface area contributed by atoms with Gasteiger partial charge in [-0.3, -0.25) is 4.79 Å². The van der Waals surface area contributed by atoms with Crippen LogP contribution in [0.25, 0.3) is 0 Å². The first-order valence-electron chi connectivity index (χ1n) is 7.92. The molecule has 1 N–H and O–H groups in total. The van der Waals surface area contributed by atoms with E-state index in [-0.39, 0.29) is 5.91 Å². The van der Waals surface area contributed by atoms with Gasteiger partial charge in [-0.1, -0.05) is 24.6 Å². The minimum Gasteiger partial charge on any atom is -0.312 e. The maximum atomic E-state index is 12.6. The molecule has 0 saturated heterocycles. The Labute approximate surface area is 141 Å². The molecule has 0 saturated carbocycles. The average molecular weight is 324 g/mol. The lowest BCUT2D eigenvalue weighted by Gasteiger charge is -2.17. The summed E-state index contributed by atoms with van der Waals surface area (Å²) < 4.78 is 0. The Morgan fingerprint density at radius 2 is 2.17 bits per heavy atom. The quantitative estimate of drug-likeness (QED) is 0.876. The second kappa shape index (κ2) is 6.17. The standard InChI is InChI=1S/C19H20N2OS/c1-11-4-6-14(13(3)8-11)18(22)21-19-16(10-20)15-7-5-12(2)9-17(15)23-19/h4,6,8,12H,5,7,9H2,1-3H3,(H,21,22)/t12-/m0/s1. The van der Waals surface area contributed by atoms with E-state index in [9.17, 15) is 10.1 Å². The average Bonchev–Trinajstić information content (AvgIpc) is 2.82. The van der Waals surface area contributed by atoms with Crippen molar-refractivity contribution in [3.05, 3.63) is 50.9 Å². The van der Waals surface area contributed by atoms with Crippen molar-refractivity contribution in [3.8, 4) is 6.07 Å². The van der Waals surface area contributed by atoms with Crippen molar-refractivity contribution in [2.75, 3.05) is 5.32 Å². The molecule has 0 radical (unpaired) electrons. The summed E-state index contributed by atoms with van der Waals surface area (Å²) in [6.45, 7) is 6.19. The maximum absolute atomic E-state index is 12.6. The summed E-state index contributed by atoms with van der Waals surface area (Å²) in [4.78, 5) is 13.8. The van der Waals surface area contributed by atoms with E-state index >= 15 is 0 Å². The number of hydrogen-bond donors (Lipinski definition) is 1. The van der Waals surface area contributed by atoms with Crippen LogP contribution >= 0.6 is 11.3 Å². The number of carbonyl (C=O) groups is 1. The highest BCUT2D eigenvalue weighted by Gasteiger charge is 2.25. The van der Waals surface area contributed by atoms with Gasteiger partial charge in [0.1, 0.15) is 11.1 Å². The summed E-state index contributed by atoms with van der Waals surface area (Å²) in [7, 11) is 0. The molecular formula is C19H20N2OS. The Kier molecular flexibility index (Phi) is 4.23. The second-order valence-corrected chi connectivity index (χ2v) is 7.55. The fourth-order valence-corrected chi connectivity index (χ4v) is 4.55. The molecule has 4 heteroatoms. The van der Waals surface area contributed by atoms with E-state index in [1.165, 1.54) is 4.88 Å². The lowest BCUT2D eigenvalue weighted by atomic mass is 9.88. The molecule has 0 unspecified atom stereocenters. The predicted molar refractivity (Wildman–Crippen MR) is 94.1 cm³/mol. The number of nitrogens with one attached hydrogen (secondary N) is 1. The van der Waals surface area contributed by atoms with E-state index < -0.39 is 0 Å². The molecule has 0 fully saturated rings. The van der Waals surface area contributed by atoms with Crippen LogP contribution in [0.5, 0.6) is 0 Å². The number of hydrogen-bond acceptors (Lipinski definition) is 3. The van der Waals surface area contributed by atoms with Crippen LogP contribution < -0.4 is 5.32 Å².